The minimum Gasteiger partial charge on any atom is -0.339 e. The molecule has 27 heavy (non-hydrogen) atoms. The molecule has 8 nitrogen and oxygen atoms in total. The molecule has 0 unspecified atom stereocenters. The number of piperazine rings is 1. The monoisotopic (exact) mass is 405 g/mol. The molecule has 142 valence electrons. The SMILES string of the molecule is Cn1ccnc1SCC(=O)N1CCN(S(=O)(=O)c2ccccc2C#N)CC1. The van der Waals surface area contributed by atoms with Gasteiger partial charge < -0.3 is 9.47 Å². The lowest BCUT2D eigenvalue weighted by Crippen LogP contribution is -2.51. The van der Waals surface area contributed by atoms with Gasteiger partial charge in [0.1, 0.15) is 6.07 Å². The molecule has 0 saturated carbocycles. The van der Waals surface area contributed by atoms with Crippen molar-refractivity contribution in [3.63, 3.8) is 0 Å². The second-order valence-electron chi connectivity index (χ2n) is 6.00. The van der Waals surface area contributed by atoms with E-state index in [1.54, 1.807) is 23.2 Å². The van der Waals surface area contributed by atoms with Crippen LogP contribution in [-0.2, 0) is 21.9 Å². The average Bonchev–Trinajstić information content (AvgIpc) is 3.11. The molecular formula is C17H19N5O3S2. The molecule has 1 fully saturated rings. The van der Waals surface area contributed by atoms with Crippen LogP contribution in [0.1, 0.15) is 5.56 Å². The van der Waals surface area contributed by atoms with E-state index in [1.807, 2.05) is 23.9 Å². The van der Waals surface area contributed by atoms with Crippen LogP contribution in [0, 0.1) is 11.3 Å². The van der Waals surface area contributed by atoms with Crippen LogP contribution in [-0.4, -0.2) is 65.0 Å². The summed E-state index contributed by atoms with van der Waals surface area (Å²) in [6.07, 6.45) is 3.49. The van der Waals surface area contributed by atoms with E-state index in [2.05, 4.69) is 4.98 Å². The zero-order valence-electron chi connectivity index (χ0n) is 14.8. The van der Waals surface area contributed by atoms with Crippen molar-refractivity contribution in [2.45, 2.75) is 10.1 Å². The maximum absolute atomic E-state index is 12.8. The van der Waals surface area contributed by atoms with E-state index in [0.717, 1.165) is 5.16 Å². The van der Waals surface area contributed by atoms with Crippen LogP contribution in [0.2, 0.25) is 0 Å². The van der Waals surface area contributed by atoms with Crippen molar-refractivity contribution in [1.29, 1.82) is 5.26 Å². The summed E-state index contributed by atoms with van der Waals surface area (Å²) in [7, 11) is -1.89. The largest absolute Gasteiger partial charge is 0.339 e. The highest BCUT2D eigenvalue weighted by Gasteiger charge is 2.31. The molecule has 3 rings (SSSR count). The van der Waals surface area contributed by atoms with Gasteiger partial charge in [0.2, 0.25) is 15.9 Å². The van der Waals surface area contributed by atoms with Crippen LogP contribution in [0.25, 0.3) is 0 Å². The summed E-state index contributed by atoms with van der Waals surface area (Å²) in [5.41, 5.74) is 0.127. The number of nitrogens with zero attached hydrogens (tertiary/aromatic N) is 5. The van der Waals surface area contributed by atoms with Crippen molar-refractivity contribution < 1.29 is 13.2 Å². The number of hydrogen-bond acceptors (Lipinski definition) is 6. The average molecular weight is 406 g/mol. The molecular weight excluding hydrogens is 386 g/mol. The summed E-state index contributed by atoms with van der Waals surface area (Å²) in [6, 6.07) is 8.08. The van der Waals surface area contributed by atoms with Crippen LogP contribution < -0.4 is 0 Å². The first-order valence-corrected chi connectivity index (χ1v) is 10.7. The molecule has 0 spiro atoms. The van der Waals surface area contributed by atoms with Gasteiger partial charge in [-0.05, 0) is 12.1 Å². The Labute approximate surface area is 162 Å². The summed E-state index contributed by atoms with van der Waals surface area (Å²) in [4.78, 5) is 18.2. The maximum atomic E-state index is 12.8. The number of rotatable bonds is 5. The molecule has 0 bridgehead atoms. The number of sulfonamides is 1. The number of aryl methyl sites for hydroxylation is 1. The van der Waals surface area contributed by atoms with E-state index in [1.165, 1.54) is 28.2 Å². The summed E-state index contributed by atoms with van der Waals surface area (Å²) in [5, 5.41) is 9.92. The number of thioether (sulfide) groups is 1. The lowest BCUT2D eigenvalue weighted by Gasteiger charge is -2.34. The van der Waals surface area contributed by atoms with Crippen LogP contribution in [0.4, 0.5) is 0 Å². The number of carbonyl (C=O) groups is 1. The first-order chi connectivity index (χ1) is 12.9. The molecule has 2 aromatic rings. The lowest BCUT2D eigenvalue weighted by molar-refractivity contribution is -0.129. The van der Waals surface area contributed by atoms with Crippen LogP contribution in [0.5, 0.6) is 0 Å². The zero-order chi connectivity index (χ0) is 19.4. The Morgan fingerprint density at radius 2 is 1.96 bits per heavy atom. The Hall–Kier alpha value is -2.35. The smallest absolute Gasteiger partial charge is 0.244 e. The molecule has 0 atom stereocenters. The van der Waals surface area contributed by atoms with Crippen molar-refractivity contribution >= 4 is 27.7 Å². The van der Waals surface area contributed by atoms with Crippen molar-refractivity contribution in [2.75, 3.05) is 31.9 Å². The van der Waals surface area contributed by atoms with Gasteiger partial charge in [0.25, 0.3) is 0 Å². The van der Waals surface area contributed by atoms with Gasteiger partial charge in [-0.1, -0.05) is 23.9 Å². The number of hydrogen-bond donors (Lipinski definition) is 0. The molecule has 1 aromatic heterocycles. The van der Waals surface area contributed by atoms with Crippen molar-refractivity contribution in [3.8, 4) is 6.07 Å². The van der Waals surface area contributed by atoms with Gasteiger partial charge in [0, 0.05) is 45.6 Å². The van der Waals surface area contributed by atoms with E-state index >= 15 is 0 Å². The maximum Gasteiger partial charge on any atom is 0.244 e. The van der Waals surface area contributed by atoms with E-state index in [0.29, 0.717) is 13.1 Å². The molecule has 1 amide bonds. The third-order valence-electron chi connectivity index (χ3n) is 4.32. The standard InChI is InChI=1S/C17H19N5O3S2/c1-20-7-6-19-17(20)26-13-16(23)21-8-10-22(11-9-21)27(24,25)15-5-3-2-4-14(15)12-18/h2-7H,8-11,13H2,1H3. The van der Waals surface area contributed by atoms with Gasteiger partial charge in [-0.3, -0.25) is 4.79 Å². The van der Waals surface area contributed by atoms with Gasteiger partial charge in [0.15, 0.2) is 5.16 Å². The fourth-order valence-electron chi connectivity index (χ4n) is 2.81. The number of nitriles is 1. The Balaban J connectivity index is 1.60. The van der Waals surface area contributed by atoms with Crippen LogP contribution in [0.3, 0.4) is 0 Å². The van der Waals surface area contributed by atoms with Crippen LogP contribution >= 0.6 is 11.8 Å². The zero-order valence-corrected chi connectivity index (χ0v) is 16.4. The molecule has 1 aliphatic heterocycles. The van der Waals surface area contributed by atoms with E-state index in [-0.39, 0.29) is 35.2 Å². The highest BCUT2D eigenvalue weighted by molar-refractivity contribution is 7.99. The molecule has 1 aliphatic rings. The fraction of sp³-hybridized carbons (Fsp3) is 0.353. The highest BCUT2D eigenvalue weighted by atomic mass is 32.2. The minimum atomic E-state index is -3.75. The van der Waals surface area contributed by atoms with Gasteiger partial charge in [-0.15, -0.1) is 0 Å². The van der Waals surface area contributed by atoms with E-state index in [4.69, 9.17) is 5.26 Å². The van der Waals surface area contributed by atoms with Crippen molar-refractivity contribution in [3.05, 3.63) is 42.2 Å². The Morgan fingerprint density at radius 3 is 2.59 bits per heavy atom. The lowest BCUT2D eigenvalue weighted by atomic mass is 10.2. The number of carbonyl (C=O) groups excluding carboxylic acids is 1. The van der Waals surface area contributed by atoms with Crippen molar-refractivity contribution in [1.82, 2.24) is 18.8 Å². The van der Waals surface area contributed by atoms with Gasteiger partial charge in [-0.2, -0.15) is 9.57 Å². The predicted octanol–water partition coefficient (Wildman–Crippen LogP) is 0.917. The number of amides is 1. The third-order valence-corrected chi connectivity index (χ3v) is 7.32. The molecule has 1 saturated heterocycles. The molecule has 0 radical (unpaired) electrons. The van der Waals surface area contributed by atoms with E-state index in [9.17, 15) is 13.2 Å². The fourth-order valence-corrected chi connectivity index (χ4v) is 5.21. The molecule has 0 aliphatic carbocycles. The number of imidazole rings is 1. The molecule has 0 N–H and O–H groups in total. The Kier molecular flexibility index (Phi) is 5.84. The van der Waals surface area contributed by atoms with E-state index < -0.39 is 10.0 Å². The minimum absolute atomic E-state index is 0.0117. The van der Waals surface area contributed by atoms with Crippen LogP contribution in [0.15, 0.2) is 46.7 Å². The number of aromatic nitrogens is 2. The second kappa shape index (κ2) is 8.12. The van der Waals surface area contributed by atoms with Gasteiger partial charge in [0.05, 0.1) is 16.2 Å². The highest BCUT2D eigenvalue weighted by Crippen LogP contribution is 2.22. The second-order valence-corrected chi connectivity index (χ2v) is 8.85. The normalized spacial score (nSPS) is 15.5. The Morgan fingerprint density at radius 1 is 1.26 bits per heavy atom. The topological polar surface area (TPSA) is 99.3 Å². The first kappa shape index (κ1) is 19.4. The molecule has 2 heterocycles. The summed E-state index contributed by atoms with van der Waals surface area (Å²) in [5.74, 6) is 0.215. The van der Waals surface area contributed by atoms with Gasteiger partial charge in [-0.25, -0.2) is 13.4 Å². The number of benzene rings is 1. The first-order valence-electron chi connectivity index (χ1n) is 8.30. The predicted molar refractivity (Wildman–Crippen MR) is 100 cm³/mol. The molecule has 1 aromatic carbocycles. The Bertz CT molecular complexity index is 972. The molecule has 10 heteroatoms. The quantitative estimate of drug-likeness (QED) is 0.686. The third kappa shape index (κ3) is 4.16. The summed E-state index contributed by atoms with van der Waals surface area (Å²) >= 11 is 1.36. The van der Waals surface area contributed by atoms with Crippen molar-refractivity contribution in [2.24, 2.45) is 7.05 Å². The summed E-state index contributed by atoms with van der Waals surface area (Å²) < 4.78 is 28.8. The summed E-state index contributed by atoms with van der Waals surface area (Å²) in [6.45, 7) is 1.07. The van der Waals surface area contributed by atoms with Gasteiger partial charge >= 0.3 is 0 Å².